The molecule has 1 heterocycles. The second-order valence-corrected chi connectivity index (χ2v) is 9.23. The van der Waals surface area contributed by atoms with Crippen LogP contribution < -0.4 is 10.1 Å². The zero-order chi connectivity index (χ0) is 20.0. The largest absolute Gasteiger partial charge is 0.489 e. The van der Waals surface area contributed by atoms with Gasteiger partial charge < -0.3 is 10.1 Å². The van der Waals surface area contributed by atoms with Crippen LogP contribution in [-0.4, -0.2) is 43.6 Å². The fourth-order valence-electron chi connectivity index (χ4n) is 3.04. The quantitative estimate of drug-likeness (QED) is 0.726. The molecule has 0 saturated carbocycles. The van der Waals surface area contributed by atoms with E-state index in [0.29, 0.717) is 43.8 Å². The van der Waals surface area contributed by atoms with Gasteiger partial charge >= 0.3 is 0 Å². The number of hydrogen-bond donors (Lipinski definition) is 1. The van der Waals surface area contributed by atoms with Crippen LogP contribution in [0.4, 0.5) is 10.1 Å². The molecule has 1 fully saturated rings. The summed E-state index contributed by atoms with van der Waals surface area (Å²) in [6, 6.07) is 4.01. The summed E-state index contributed by atoms with van der Waals surface area (Å²) in [5.41, 5.74) is 0.298. The topological polar surface area (TPSA) is 75.7 Å². The van der Waals surface area contributed by atoms with E-state index in [9.17, 15) is 17.6 Å². The standard InChI is InChI=1S/C19H29FN2O4S/c1-4-5-12-27(24,25)22-10-8-15(9-11-22)19(23)21-17-13-16(20)6-7-18(17)26-14(2)3/h6-7,13-15H,4-5,8-12H2,1-3H3,(H,21,23). The molecular formula is C19H29FN2O4S. The first-order valence-corrected chi connectivity index (χ1v) is 11.1. The predicted octanol–water partition coefficient (Wildman–Crippen LogP) is 3.39. The van der Waals surface area contributed by atoms with Gasteiger partial charge in [0.25, 0.3) is 0 Å². The van der Waals surface area contributed by atoms with Gasteiger partial charge in [-0.05, 0) is 45.2 Å². The number of amides is 1. The molecule has 6 nitrogen and oxygen atoms in total. The SMILES string of the molecule is CCCCS(=O)(=O)N1CCC(C(=O)Nc2cc(F)ccc2OC(C)C)CC1. The number of halogens is 1. The Balaban J connectivity index is 1.98. The third-order valence-electron chi connectivity index (χ3n) is 4.54. The highest BCUT2D eigenvalue weighted by molar-refractivity contribution is 7.89. The van der Waals surface area contributed by atoms with E-state index in [1.54, 1.807) is 0 Å². The summed E-state index contributed by atoms with van der Waals surface area (Å²) in [6.07, 6.45) is 2.26. The highest BCUT2D eigenvalue weighted by atomic mass is 32.2. The molecule has 27 heavy (non-hydrogen) atoms. The van der Waals surface area contributed by atoms with Crippen molar-refractivity contribution >= 4 is 21.6 Å². The van der Waals surface area contributed by atoms with Gasteiger partial charge in [-0.3, -0.25) is 4.79 Å². The molecule has 1 amide bonds. The van der Waals surface area contributed by atoms with Gasteiger partial charge in [0, 0.05) is 25.1 Å². The lowest BCUT2D eigenvalue weighted by molar-refractivity contribution is -0.120. The second kappa shape index (κ2) is 9.50. The summed E-state index contributed by atoms with van der Waals surface area (Å²) in [4.78, 5) is 12.6. The van der Waals surface area contributed by atoms with E-state index in [1.807, 2.05) is 20.8 Å². The average Bonchev–Trinajstić information content (AvgIpc) is 2.62. The van der Waals surface area contributed by atoms with Gasteiger partial charge in [-0.1, -0.05) is 13.3 Å². The zero-order valence-corrected chi connectivity index (χ0v) is 17.0. The van der Waals surface area contributed by atoms with Crippen LogP contribution in [0.2, 0.25) is 0 Å². The first kappa shape index (κ1) is 21.6. The van der Waals surface area contributed by atoms with Crippen molar-refractivity contribution in [1.29, 1.82) is 0 Å². The van der Waals surface area contributed by atoms with Crippen LogP contribution in [0.3, 0.4) is 0 Å². The van der Waals surface area contributed by atoms with Crippen molar-refractivity contribution in [2.24, 2.45) is 5.92 Å². The predicted molar refractivity (Wildman–Crippen MR) is 104 cm³/mol. The number of nitrogens with one attached hydrogen (secondary N) is 1. The number of hydrogen-bond acceptors (Lipinski definition) is 4. The number of unbranched alkanes of at least 4 members (excludes halogenated alkanes) is 1. The summed E-state index contributed by atoms with van der Waals surface area (Å²) in [5, 5.41) is 2.74. The Labute approximate surface area is 161 Å². The Morgan fingerprint density at radius 1 is 1.33 bits per heavy atom. The van der Waals surface area contributed by atoms with Crippen LogP contribution in [0.15, 0.2) is 18.2 Å². The minimum atomic E-state index is -3.25. The lowest BCUT2D eigenvalue weighted by Crippen LogP contribution is -2.42. The molecule has 1 N–H and O–H groups in total. The maximum atomic E-state index is 13.6. The summed E-state index contributed by atoms with van der Waals surface area (Å²) >= 11 is 0. The molecule has 0 unspecified atom stereocenters. The van der Waals surface area contributed by atoms with Crippen molar-refractivity contribution < 1.29 is 22.3 Å². The van der Waals surface area contributed by atoms with Gasteiger partial charge in [-0.2, -0.15) is 0 Å². The van der Waals surface area contributed by atoms with Crippen LogP contribution in [0.5, 0.6) is 5.75 Å². The fraction of sp³-hybridized carbons (Fsp3) is 0.632. The number of nitrogens with zero attached hydrogens (tertiary/aromatic N) is 1. The maximum absolute atomic E-state index is 13.6. The molecule has 0 bridgehead atoms. The van der Waals surface area contributed by atoms with Crippen molar-refractivity contribution in [2.75, 3.05) is 24.2 Å². The summed E-state index contributed by atoms with van der Waals surface area (Å²) < 4.78 is 45.2. The van der Waals surface area contributed by atoms with Crippen molar-refractivity contribution in [2.45, 2.75) is 52.6 Å². The van der Waals surface area contributed by atoms with Crippen LogP contribution in [-0.2, 0) is 14.8 Å². The van der Waals surface area contributed by atoms with Gasteiger partial charge in [-0.15, -0.1) is 0 Å². The van der Waals surface area contributed by atoms with Crippen molar-refractivity contribution in [1.82, 2.24) is 4.31 Å². The Hall–Kier alpha value is -1.67. The first-order chi connectivity index (χ1) is 12.7. The number of rotatable bonds is 8. The summed E-state index contributed by atoms with van der Waals surface area (Å²) in [7, 11) is -3.25. The molecule has 0 radical (unpaired) electrons. The molecule has 0 aromatic heterocycles. The highest BCUT2D eigenvalue weighted by Gasteiger charge is 2.31. The molecule has 2 rings (SSSR count). The number of piperidine rings is 1. The van der Waals surface area contributed by atoms with Gasteiger partial charge in [-0.25, -0.2) is 17.1 Å². The number of carbonyl (C=O) groups excluding carboxylic acids is 1. The highest BCUT2D eigenvalue weighted by Crippen LogP contribution is 2.28. The number of benzene rings is 1. The molecule has 1 aliphatic rings. The van der Waals surface area contributed by atoms with E-state index in [-0.39, 0.29) is 23.7 Å². The van der Waals surface area contributed by atoms with Gasteiger partial charge in [0.2, 0.25) is 15.9 Å². The molecule has 1 aliphatic heterocycles. The van der Waals surface area contributed by atoms with Crippen molar-refractivity contribution in [3.63, 3.8) is 0 Å². The third kappa shape index (κ3) is 6.17. The number of carbonyl (C=O) groups is 1. The Kier molecular flexibility index (Phi) is 7.61. The van der Waals surface area contributed by atoms with E-state index in [1.165, 1.54) is 22.5 Å². The molecular weight excluding hydrogens is 371 g/mol. The van der Waals surface area contributed by atoms with Crippen molar-refractivity contribution in [3.05, 3.63) is 24.0 Å². The van der Waals surface area contributed by atoms with Crippen molar-refractivity contribution in [3.8, 4) is 5.75 Å². The van der Waals surface area contributed by atoms with E-state index in [0.717, 1.165) is 6.42 Å². The molecule has 0 aliphatic carbocycles. The molecule has 0 spiro atoms. The van der Waals surface area contributed by atoms with Gasteiger partial charge in [0.15, 0.2) is 0 Å². The van der Waals surface area contributed by atoms with E-state index >= 15 is 0 Å². The lowest BCUT2D eigenvalue weighted by Gasteiger charge is -2.30. The van der Waals surface area contributed by atoms with Gasteiger partial charge in [0.05, 0.1) is 17.5 Å². The summed E-state index contributed by atoms with van der Waals surface area (Å²) in [5.74, 6) is -0.435. The molecule has 8 heteroatoms. The Morgan fingerprint density at radius 3 is 2.59 bits per heavy atom. The lowest BCUT2D eigenvalue weighted by atomic mass is 9.97. The van der Waals surface area contributed by atoms with Gasteiger partial charge in [0.1, 0.15) is 11.6 Å². The van der Waals surface area contributed by atoms with Crippen LogP contribution >= 0.6 is 0 Å². The van der Waals surface area contributed by atoms with E-state index < -0.39 is 15.8 Å². The van der Waals surface area contributed by atoms with Crippen LogP contribution in [0, 0.1) is 11.7 Å². The molecule has 152 valence electrons. The second-order valence-electron chi connectivity index (χ2n) is 7.14. The zero-order valence-electron chi connectivity index (χ0n) is 16.2. The maximum Gasteiger partial charge on any atom is 0.227 e. The number of anilines is 1. The summed E-state index contributed by atoms with van der Waals surface area (Å²) in [6.45, 7) is 6.33. The Morgan fingerprint density at radius 2 is 2.00 bits per heavy atom. The minimum Gasteiger partial charge on any atom is -0.489 e. The number of sulfonamides is 1. The molecule has 1 aromatic carbocycles. The van der Waals surface area contributed by atoms with Crippen LogP contribution in [0.25, 0.3) is 0 Å². The van der Waals surface area contributed by atoms with E-state index in [4.69, 9.17) is 4.74 Å². The van der Waals surface area contributed by atoms with E-state index in [2.05, 4.69) is 5.32 Å². The Bertz CT molecular complexity index is 744. The third-order valence-corrected chi connectivity index (χ3v) is 6.49. The average molecular weight is 401 g/mol. The normalized spacial score (nSPS) is 16.5. The molecule has 0 atom stereocenters. The first-order valence-electron chi connectivity index (χ1n) is 9.47. The minimum absolute atomic E-state index is 0.109. The monoisotopic (exact) mass is 400 g/mol. The van der Waals surface area contributed by atoms with Crippen LogP contribution in [0.1, 0.15) is 46.5 Å². The molecule has 1 aromatic rings. The number of ether oxygens (including phenoxy) is 1. The molecule has 1 saturated heterocycles. The fourth-order valence-corrected chi connectivity index (χ4v) is 4.72. The smallest absolute Gasteiger partial charge is 0.227 e.